The first-order valence-corrected chi connectivity index (χ1v) is 9.18. The second kappa shape index (κ2) is 5.95. The van der Waals surface area contributed by atoms with Gasteiger partial charge in [-0.3, -0.25) is 19.6 Å². The van der Waals surface area contributed by atoms with Crippen molar-refractivity contribution in [2.24, 2.45) is 0 Å². The van der Waals surface area contributed by atoms with Crippen LogP contribution < -0.4 is 16.6 Å². The number of allylic oxidation sites excluding steroid dienone is 1. The Labute approximate surface area is 167 Å². The number of rotatable bonds is 1. The summed E-state index contributed by atoms with van der Waals surface area (Å²) in [6.07, 6.45) is 0. The molecule has 28 heavy (non-hydrogen) atoms. The highest BCUT2D eigenvalue weighted by atomic mass is 35.5. The fourth-order valence-corrected chi connectivity index (χ4v) is 4.42. The molecule has 0 amide bonds. The minimum Gasteiger partial charge on any atom is -0.340 e. The van der Waals surface area contributed by atoms with Gasteiger partial charge >= 0.3 is 5.69 Å². The first-order chi connectivity index (χ1) is 13.5. The molecule has 138 valence electrons. The average Bonchev–Trinajstić information content (AvgIpc) is 2.93. The van der Waals surface area contributed by atoms with Gasteiger partial charge in [0.2, 0.25) is 0 Å². The van der Waals surface area contributed by atoms with E-state index in [-0.39, 0.29) is 17.2 Å². The van der Waals surface area contributed by atoms with Gasteiger partial charge in [-0.1, -0.05) is 53.5 Å². The molecule has 3 aromatic rings. The quantitative estimate of drug-likeness (QED) is 0.570. The molecule has 0 radical (unpaired) electrons. The highest BCUT2D eigenvalue weighted by molar-refractivity contribution is 6.35. The number of hydrogen-bond acceptors (Lipinski definition) is 4. The normalized spacial score (nSPS) is 17.1. The van der Waals surface area contributed by atoms with E-state index < -0.39 is 17.2 Å². The lowest BCUT2D eigenvalue weighted by atomic mass is 9.81. The Morgan fingerprint density at radius 2 is 1.64 bits per heavy atom. The van der Waals surface area contributed by atoms with E-state index in [1.807, 2.05) is 12.1 Å². The second-order valence-corrected chi connectivity index (χ2v) is 7.43. The summed E-state index contributed by atoms with van der Waals surface area (Å²) >= 11 is 12.5. The first kappa shape index (κ1) is 17.0. The van der Waals surface area contributed by atoms with Gasteiger partial charge in [0.1, 0.15) is 5.82 Å². The third-order valence-electron chi connectivity index (χ3n) is 5.04. The summed E-state index contributed by atoms with van der Waals surface area (Å²) < 4.78 is 0. The van der Waals surface area contributed by atoms with Crippen molar-refractivity contribution < 1.29 is 4.79 Å². The number of Topliss-reactive ketones (excluding diaryl/α,β-unsaturated/α-hetero) is 1. The number of ketones is 1. The Balaban J connectivity index is 1.86. The summed E-state index contributed by atoms with van der Waals surface area (Å²) in [7, 11) is 0. The summed E-state index contributed by atoms with van der Waals surface area (Å²) in [5.41, 5.74) is 1.77. The van der Waals surface area contributed by atoms with Crippen LogP contribution in [-0.2, 0) is 0 Å². The Morgan fingerprint density at radius 3 is 2.39 bits per heavy atom. The van der Waals surface area contributed by atoms with Gasteiger partial charge in [0, 0.05) is 26.7 Å². The molecule has 2 aliphatic rings. The number of aromatic nitrogens is 2. The van der Waals surface area contributed by atoms with E-state index in [4.69, 9.17) is 23.2 Å². The van der Waals surface area contributed by atoms with Crippen molar-refractivity contribution in [1.82, 2.24) is 9.97 Å². The molecule has 1 aliphatic carbocycles. The molecule has 5 rings (SSSR count). The van der Waals surface area contributed by atoms with Crippen LogP contribution in [0.2, 0.25) is 10.0 Å². The van der Waals surface area contributed by atoms with Crippen molar-refractivity contribution in [2.45, 2.75) is 5.92 Å². The van der Waals surface area contributed by atoms with Crippen LogP contribution in [0, 0.1) is 0 Å². The van der Waals surface area contributed by atoms with Crippen molar-refractivity contribution in [3.63, 3.8) is 0 Å². The van der Waals surface area contributed by atoms with Crippen molar-refractivity contribution in [1.29, 1.82) is 0 Å². The van der Waals surface area contributed by atoms with Gasteiger partial charge in [-0.15, -0.1) is 0 Å². The van der Waals surface area contributed by atoms with Crippen LogP contribution in [0.25, 0.3) is 5.70 Å². The number of H-pyrrole nitrogens is 2. The van der Waals surface area contributed by atoms with Gasteiger partial charge in [-0.2, -0.15) is 0 Å². The largest absolute Gasteiger partial charge is 0.340 e. The molecule has 0 bridgehead atoms. The van der Waals surface area contributed by atoms with Gasteiger partial charge in [0.25, 0.3) is 5.56 Å². The van der Waals surface area contributed by atoms with E-state index in [9.17, 15) is 14.4 Å². The number of carbonyl (C=O) groups excluding carboxylic acids is 1. The van der Waals surface area contributed by atoms with Crippen LogP contribution in [0.15, 0.2) is 57.6 Å². The molecule has 2 aromatic carbocycles. The number of anilines is 1. The molecule has 0 saturated carbocycles. The van der Waals surface area contributed by atoms with E-state index in [1.165, 1.54) is 0 Å². The molecule has 2 heterocycles. The number of carbonyl (C=O) groups is 1. The van der Waals surface area contributed by atoms with Crippen molar-refractivity contribution >= 4 is 40.5 Å². The molecule has 3 N–H and O–H groups in total. The van der Waals surface area contributed by atoms with E-state index in [0.29, 0.717) is 38.0 Å². The third kappa shape index (κ3) is 2.32. The lowest BCUT2D eigenvalue weighted by Gasteiger charge is -2.27. The van der Waals surface area contributed by atoms with Crippen molar-refractivity contribution in [3.05, 3.63) is 101 Å². The Morgan fingerprint density at radius 1 is 0.893 bits per heavy atom. The maximum absolute atomic E-state index is 13.2. The number of hydrogen-bond donors (Lipinski definition) is 3. The molecule has 1 aliphatic heterocycles. The van der Waals surface area contributed by atoms with Gasteiger partial charge < -0.3 is 5.32 Å². The lowest BCUT2D eigenvalue weighted by molar-refractivity contribution is 0.103. The lowest BCUT2D eigenvalue weighted by Crippen LogP contribution is -2.33. The zero-order valence-corrected chi connectivity index (χ0v) is 15.6. The molecular weight excluding hydrogens is 401 g/mol. The van der Waals surface area contributed by atoms with Crippen LogP contribution in [0.5, 0.6) is 0 Å². The highest BCUT2D eigenvalue weighted by Crippen LogP contribution is 2.48. The van der Waals surface area contributed by atoms with Crippen LogP contribution in [0.3, 0.4) is 0 Å². The Kier molecular flexibility index (Phi) is 3.62. The molecular formula is C20H11Cl2N3O3. The third-order valence-corrected chi connectivity index (χ3v) is 5.60. The summed E-state index contributed by atoms with van der Waals surface area (Å²) in [4.78, 5) is 42.6. The standard InChI is InChI=1S/C20H11Cl2N3O3/c21-8-5-6-11(12(22)7-8)13-14-16(9-3-1-2-4-10(9)17(14)26)23-18-15(13)19(27)25-20(28)24-18/h1-7,13H,(H3,23,24,25,27,28)/t13-/m1/s1. The zero-order chi connectivity index (χ0) is 19.6. The first-order valence-electron chi connectivity index (χ1n) is 8.42. The maximum Gasteiger partial charge on any atom is 0.327 e. The Hall–Kier alpha value is -3.09. The van der Waals surface area contributed by atoms with Gasteiger partial charge in [-0.05, 0) is 17.7 Å². The number of fused-ring (bicyclic) bond motifs is 3. The van der Waals surface area contributed by atoms with E-state index >= 15 is 0 Å². The molecule has 8 heteroatoms. The predicted octanol–water partition coefficient (Wildman–Crippen LogP) is 3.54. The SMILES string of the molecule is O=C1C2=C(Nc3[nH]c(=O)[nH]c(=O)c3[C@@H]2c2ccc(Cl)cc2Cl)c2ccccc21. The average molecular weight is 412 g/mol. The van der Waals surface area contributed by atoms with E-state index in [1.54, 1.807) is 30.3 Å². The Bertz CT molecular complexity index is 1340. The van der Waals surface area contributed by atoms with Gasteiger partial charge in [0.05, 0.1) is 17.2 Å². The molecule has 0 fully saturated rings. The highest BCUT2D eigenvalue weighted by Gasteiger charge is 2.42. The zero-order valence-electron chi connectivity index (χ0n) is 14.1. The second-order valence-electron chi connectivity index (χ2n) is 6.58. The summed E-state index contributed by atoms with van der Waals surface area (Å²) in [6, 6.07) is 12.1. The smallest absolute Gasteiger partial charge is 0.327 e. The van der Waals surface area contributed by atoms with Crippen LogP contribution in [0.4, 0.5) is 5.82 Å². The van der Waals surface area contributed by atoms with Crippen LogP contribution >= 0.6 is 23.2 Å². The minimum atomic E-state index is -0.753. The molecule has 0 unspecified atom stereocenters. The summed E-state index contributed by atoms with van der Waals surface area (Å²) in [6.45, 7) is 0. The van der Waals surface area contributed by atoms with Crippen LogP contribution in [-0.4, -0.2) is 15.8 Å². The predicted molar refractivity (Wildman–Crippen MR) is 107 cm³/mol. The molecule has 0 spiro atoms. The molecule has 1 aromatic heterocycles. The fraction of sp³-hybridized carbons (Fsp3) is 0.0500. The molecule has 0 saturated heterocycles. The minimum absolute atomic E-state index is 0.189. The summed E-state index contributed by atoms with van der Waals surface area (Å²) in [5.74, 6) is -0.699. The topological polar surface area (TPSA) is 94.8 Å². The number of nitrogens with one attached hydrogen (secondary N) is 3. The van der Waals surface area contributed by atoms with Gasteiger partial charge in [0.15, 0.2) is 5.78 Å². The maximum atomic E-state index is 13.2. The van der Waals surface area contributed by atoms with E-state index in [0.717, 1.165) is 0 Å². The fourth-order valence-electron chi connectivity index (χ4n) is 3.90. The van der Waals surface area contributed by atoms with Crippen LogP contribution in [0.1, 0.15) is 33.0 Å². The van der Waals surface area contributed by atoms with Crippen molar-refractivity contribution in [2.75, 3.05) is 5.32 Å². The molecule has 1 atom stereocenters. The monoisotopic (exact) mass is 411 g/mol. The summed E-state index contributed by atoms with van der Waals surface area (Å²) in [5, 5.41) is 3.84. The van der Waals surface area contributed by atoms with Gasteiger partial charge in [-0.25, -0.2) is 4.79 Å². The molecule has 6 nitrogen and oxygen atoms in total. The van der Waals surface area contributed by atoms with Crippen molar-refractivity contribution in [3.8, 4) is 0 Å². The number of aromatic amines is 2. The number of halogens is 2. The van der Waals surface area contributed by atoms with E-state index in [2.05, 4.69) is 15.3 Å². The number of benzene rings is 2.